The Morgan fingerprint density at radius 3 is 2.44 bits per heavy atom. The minimum Gasteiger partial charge on any atom is -0.386 e. The summed E-state index contributed by atoms with van der Waals surface area (Å²) in [5.41, 5.74) is 6.10. The topological polar surface area (TPSA) is 86.0 Å². The van der Waals surface area contributed by atoms with Crippen molar-refractivity contribution in [3.63, 3.8) is 0 Å². The van der Waals surface area contributed by atoms with E-state index in [1.54, 1.807) is 12.1 Å². The van der Waals surface area contributed by atoms with Gasteiger partial charge in [-0.05, 0) is 0 Å². The Balaban J connectivity index is 0.00000106. The molecule has 0 amide bonds. The molecule has 0 aromatic heterocycles. The average Bonchev–Trinajstić information content (AvgIpc) is 2.33. The third kappa shape index (κ3) is 4.91. The number of nitrogens with two attached hydrogens (primary N) is 1. The van der Waals surface area contributed by atoms with Crippen molar-refractivity contribution in [2.45, 2.75) is 20.3 Å². The van der Waals surface area contributed by atoms with Crippen LogP contribution < -0.4 is 5.73 Å². The van der Waals surface area contributed by atoms with E-state index in [4.69, 9.17) is 16.4 Å². The largest absolute Gasteiger partial charge is 0.386 e. The molecule has 84 valence electrons. The van der Waals surface area contributed by atoms with E-state index in [1.165, 1.54) is 0 Å². The van der Waals surface area contributed by atoms with Crippen LogP contribution in [0.2, 0.25) is 0 Å². The van der Waals surface area contributed by atoms with Gasteiger partial charge in [0.1, 0.15) is 5.84 Å². The molecule has 0 heterocycles. The maximum Gasteiger partial charge on any atom is 0.153 e. The lowest BCUT2D eigenvalue weighted by Crippen LogP contribution is -2.13. The second-order valence-corrected chi connectivity index (χ2v) is 2.65. The SMILES string of the molecule is CC.N#CCC(N)=NC(=N)c1ccccc1. The Hall–Kier alpha value is -2.15. The fourth-order valence-electron chi connectivity index (χ4n) is 0.925. The molecule has 4 nitrogen and oxygen atoms in total. The van der Waals surface area contributed by atoms with Crippen molar-refractivity contribution in [1.29, 1.82) is 10.7 Å². The summed E-state index contributed by atoms with van der Waals surface area (Å²) < 4.78 is 0. The molecule has 0 fully saturated rings. The maximum absolute atomic E-state index is 8.34. The zero-order valence-electron chi connectivity index (χ0n) is 9.57. The van der Waals surface area contributed by atoms with Gasteiger partial charge in [-0.1, -0.05) is 44.2 Å². The summed E-state index contributed by atoms with van der Waals surface area (Å²) in [5, 5.41) is 15.9. The van der Waals surface area contributed by atoms with Crippen molar-refractivity contribution in [1.82, 2.24) is 0 Å². The molecule has 0 unspecified atom stereocenters. The van der Waals surface area contributed by atoms with Gasteiger partial charge >= 0.3 is 0 Å². The first kappa shape index (κ1) is 13.8. The molecule has 0 aliphatic rings. The van der Waals surface area contributed by atoms with Crippen molar-refractivity contribution >= 4 is 11.7 Å². The molecule has 1 aromatic rings. The minimum atomic E-state index is 0.0508. The van der Waals surface area contributed by atoms with Crippen molar-refractivity contribution in [3.05, 3.63) is 35.9 Å². The van der Waals surface area contributed by atoms with E-state index in [9.17, 15) is 0 Å². The van der Waals surface area contributed by atoms with E-state index in [-0.39, 0.29) is 18.1 Å². The van der Waals surface area contributed by atoms with Gasteiger partial charge in [-0.3, -0.25) is 5.41 Å². The molecular formula is C12H16N4. The summed E-state index contributed by atoms with van der Waals surface area (Å²) in [6.45, 7) is 4.00. The summed E-state index contributed by atoms with van der Waals surface area (Å²) in [6.07, 6.45) is 0.0508. The fourth-order valence-corrected chi connectivity index (χ4v) is 0.925. The van der Waals surface area contributed by atoms with Gasteiger partial charge in [-0.15, -0.1) is 0 Å². The highest BCUT2D eigenvalue weighted by atomic mass is 14.9. The lowest BCUT2D eigenvalue weighted by atomic mass is 10.2. The van der Waals surface area contributed by atoms with Crippen LogP contribution in [0, 0.1) is 16.7 Å². The third-order valence-corrected chi connectivity index (χ3v) is 1.56. The van der Waals surface area contributed by atoms with Gasteiger partial charge in [0.05, 0.1) is 12.5 Å². The average molecular weight is 216 g/mol. The molecule has 0 aliphatic heterocycles. The zero-order valence-corrected chi connectivity index (χ0v) is 9.57. The highest BCUT2D eigenvalue weighted by molar-refractivity contribution is 6.04. The number of nitriles is 1. The van der Waals surface area contributed by atoms with Crippen LogP contribution in [0.4, 0.5) is 0 Å². The van der Waals surface area contributed by atoms with Gasteiger partial charge in [-0.25, -0.2) is 4.99 Å². The molecule has 16 heavy (non-hydrogen) atoms. The number of amidine groups is 2. The Morgan fingerprint density at radius 2 is 1.94 bits per heavy atom. The van der Waals surface area contributed by atoms with Gasteiger partial charge in [0.2, 0.25) is 0 Å². The lowest BCUT2D eigenvalue weighted by molar-refractivity contribution is 1.33. The molecule has 0 aliphatic carbocycles. The minimum absolute atomic E-state index is 0.0508. The van der Waals surface area contributed by atoms with Crippen LogP contribution in [0.5, 0.6) is 0 Å². The summed E-state index contributed by atoms with van der Waals surface area (Å²) in [4.78, 5) is 3.79. The number of benzene rings is 1. The number of aliphatic imine (C=N–C) groups is 1. The standard InChI is InChI=1S/C10H10N4.C2H6/c11-7-6-9(12)14-10(13)8-4-2-1-3-5-8;1-2/h1-5H,6H2,(H3,12,13,14);1-2H3. The maximum atomic E-state index is 8.34. The normalized spacial score (nSPS) is 9.69. The van der Waals surface area contributed by atoms with Crippen molar-refractivity contribution in [2.24, 2.45) is 10.7 Å². The predicted octanol–water partition coefficient (Wildman–Crippen LogP) is 2.31. The first-order valence-corrected chi connectivity index (χ1v) is 5.08. The Bertz CT molecular complexity index is 387. The highest BCUT2D eigenvalue weighted by Gasteiger charge is 1.98. The molecule has 0 radical (unpaired) electrons. The van der Waals surface area contributed by atoms with Gasteiger partial charge in [0.25, 0.3) is 0 Å². The van der Waals surface area contributed by atoms with Gasteiger partial charge < -0.3 is 5.73 Å². The first-order chi connectivity index (χ1) is 7.74. The molecule has 1 aromatic carbocycles. The summed E-state index contributed by atoms with van der Waals surface area (Å²) in [5.74, 6) is 0.250. The Kier molecular flexibility index (Phi) is 7.08. The molecule has 0 atom stereocenters. The second-order valence-electron chi connectivity index (χ2n) is 2.65. The van der Waals surface area contributed by atoms with E-state index in [1.807, 2.05) is 38.1 Å². The summed E-state index contributed by atoms with van der Waals surface area (Å²) in [7, 11) is 0. The molecule has 4 heteroatoms. The molecular weight excluding hydrogens is 200 g/mol. The summed E-state index contributed by atoms with van der Waals surface area (Å²) in [6, 6.07) is 10.9. The van der Waals surface area contributed by atoms with Crippen LogP contribution in [0.1, 0.15) is 25.8 Å². The van der Waals surface area contributed by atoms with E-state index < -0.39 is 0 Å². The van der Waals surface area contributed by atoms with Crippen LogP contribution in [0.25, 0.3) is 0 Å². The van der Waals surface area contributed by atoms with E-state index in [0.29, 0.717) is 5.56 Å². The van der Waals surface area contributed by atoms with Gasteiger partial charge in [0.15, 0.2) is 5.84 Å². The number of nitrogens with one attached hydrogen (secondary N) is 1. The second kappa shape index (κ2) is 8.18. The van der Waals surface area contributed by atoms with E-state index in [0.717, 1.165) is 0 Å². The van der Waals surface area contributed by atoms with Crippen LogP contribution in [0.3, 0.4) is 0 Å². The van der Waals surface area contributed by atoms with E-state index in [2.05, 4.69) is 4.99 Å². The third-order valence-electron chi connectivity index (χ3n) is 1.56. The van der Waals surface area contributed by atoms with Gasteiger partial charge in [0, 0.05) is 5.56 Å². The van der Waals surface area contributed by atoms with Crippen molar-refractivity contribution < 1.29 is 0 Å². The van der Waals surface area contributed by atoms with Crippen LogP contribution in [-0.4, -0.2) is 11.7 Å². The molecule has 0 saturated carbocycles. The predicted molar refractivity (Wildman–Crippen MR) is 66.5 cm³/mol. The number of hydrogen-bond donors (Lipinski definition) is 2. The monoisotopic (exact) mass is 216 g/mol. The van der Waals surface area contributed by atoms with Crippen molar-refractivity contribution in [2.75, 3.05) is 0 Å². The van der Waals surface area contributed by atoms with Gasteiger partial charge in [-0.2, -0.15) is 5.26 Å². The van der Waals surface area contributed by atoms with Crippen LogP contribution in [-0.2, 0) is 0 Å². The molecule has 1 rings (SSSR count). The molecule has 0 spiro atoms. The lowest BCUT2D eigenvalue weighted by Gasteiger charge is -1.98. The van der Waals surface area contributed by atoms with Crippen LogP contribution in [0.15, 0.2) is 35.3 Å². The fraction of sp³-hybridized carbons (Fsp3) is 0.250. The number of nitrogens with zero attached hydrogens (tertiary/aromatic N) is 2. The first-order valence-electron chi connectivity index (χ1n) is 5.08. The number of hydrogen-bond acceptors (Lipinski definition) is 2. The molecule has 3 N–H and O–H groups in total. The highest BCUT2D eigenvalue weighted by Crippen LogP contribution is 2.00. The Morgan fingerprint density at radius 1 is 1.38 bits per heavy atom. The van der Waals surface area contributed by atoms with E-state index >= 15 is 0 Å². The van der Waals surface area contributed by atoms with Crippen LogP contribution >= 0.6 is 0 Å². The summed E-state index contributed by atoms with van der Waals surface area (Å²) >= 11 is 0. The number of rotatable bonds is 2. The molecule has 0 saturated heterocycles. The van der Waals surface area contributed by atoms with Crippen molar-refractivity contribution in [3.8, 4) is 6.07 Å². The quantitative estimate of drug-likeness (QED) is 0.587. The Labute approximate surface area is 95.9 Å². The smallest absolute Gasteiger partial charge is 0.153 e. The zero-order chi connectivity index (χ0) is 12.4. The molecule has 0 bridgehead atoms.